The fourth-order valence-corrected chi connectivity index (χ4v) is 4.11. The highest BCUT2D eigenvalue weighted by Gasteiger charge is 2.49. The van der Waals surface area contributed by atoms with E-state index >= 15 is 0 Å². The van der Waals surface area contributed by atoms with Gasteiger partial charge in [0.15, 0.2) is 18.8 Å². The van der Waals surface area contributed by atoms with Gasteiger partial charge in [0.25, 0.3) is 0 Å². The van der Waals surface area contributed by atoms with E-state index in [1.54, 1.807) is 4.90 Å². The average Bonchev–Trinajstić information content (AvgIpc) is 3.26. The standard InChI is InChI=1S/C22H25F2N3O4/c23-22(24)10-17(11-22)20(28)27-7-5-16(6-8-27)9-15-1-3-18(4-2-15)26-21(29)30-13-19-12-25-14-31-19/h1-4,12,14,16-17H,5-11,13H2,(H,26,29). The number of rotatable bonds is 6. The second kappa shape index (κ2) is 9.03. The van der Waals surface area contributed by atoms with Crippen LogP contribution in [0.5, 0.6) is 0 Å². The van der Waals surface area contributed by atoms with Crippen LogP contribution in [0.25, 0.3) is 0 Å². The van der Waals surface area contributed by atoms with Crippen LogP contribution in [0.1, 0.15) is 37.0 Å². The van der Waals surface area contributed by atoms with Crippen molar-refractivity contribution in [2.45, 2.75) is 44.6 Å². The molecule has 2 aromatic rings. The molecule has 0 spiro atoms. The van der Waals surface area contributed by atoms with Gasteiger partial charge >= 0.3 is 6.09 Å². The lowest BCUT2D eigenvalue weighted by Gasteiger charge is -2.39. The molecule has 0 bridgehead atoms. The van der Waals surface area contributed by atoms with Crippen LogP contribution < -0.4 is 5.32 Å². The van der Waals surface area contributed by atoms with Crippen LogP contribution in [-0.4, -0.2) is 40.9 Å². The van der Waals surface area contributed by atoms with E-state index in [2.05, 4.69) is 10.3 Å². The van der Waals surface area contributed by atoms with Gasteiger partial charge in [-0.2, -0.15) is 0 Å². The van der Waals surface area contributed by atoms with Crippen molar-refractivity contribution in [3.05, 3.63) is 48.2 Å². The predicted molar refractivity (Wildman–Crippen MR) is 107 cm³/mol. The largest absolute Gasteiger partial charge is 0.445 e. The molecule has 2 heterocycles. The Hall–Kier alpha value is -2.97. The number of hydrogen-bond acceptors (Lipinski definition) is 5. The summed E-state index contributed by atoms with van der Waals surface area (Å²) in [6.45, 7) is 1.26. The number of hydrogen-bond donors (Lipinski definition) is 1. The third-order valence-corrected chi connectivity index (χ3v) is 5.92. The number of nitrogens with zero attached hydrogens (tertiary/aromatic N) is 2. The van der Waals surface area contributed by atoms with Gasteiger partial charge < -0.3 is 14.1 Å². The van der Waals surface area contributed by atoms with Crippen molar-refractivity contribution in [2.75, 3.05) is 18.4 Å². The molecule has 166 valence electrons. The van der Waals surface area contributed by atoms with Crippen molar-refractivity contribution < 1.29 is 27.5 Å². The van der Waals surface area contributed by atoms with Crippen molar-refractivity contribution >= 4 is 17.7 Å². The summed E-state index contributed by atoms with van der Waals surface area (Å²) in [5, 5.41) is 2.66. The number of amides is 2. The molecule has 2 fully saturated rings. The summed E-state index contributed by atoms with van der Waals surface area (Å²) < 4.78 is 36.1. The molecule has 2 amide bonds. The molecule has 1 aliphatic heterocycles. The SMILES string of the molecule is O=C(Nc1ccc(CC2CCN(C(=O)C3CC(F)(F)C3)CC2)cc1)OCc1cnco1. The highest BCUT2D eigenvalue weighted by molar-refractivity contribution is 5.84. The van der Waals surface area contributed by atoms with Gasteiger partial charge in [0.05, 0.1) is 6.20 Å². The van der Waals surface area contributed by atoms with Gasteiger partial charge in [0, 0.05) is 37.5 Å². The number of carbonyl (C=O) groups is 2. The summed E-state index contributed by atoms with van der Waals surface area (Å²) >= 11 is 0. The Balaban J connectivity index is 1.18. The van der Waals surface area contributed by atoms with Gasteiger partial charge in [0.1, 0.15) is 0 Å². The number of likely N-dealkylation sites (tertiary alicyclic amines) is 1. The summed E-state index contributed by atoms with van der Waals surface area (Å²) in [5.41, 5.74) is 1.77. The van der Waals surface area contributed by atoms with Crippen LogP contribution in [0.3, 0.4) is 0 Å². The number of nitrogens with one attached hydrogen (secondary N) is 1. The molecule has 1 N–H and O–H groups in total. The smallest absolute Gasteiger partial charge is 0.412 e. The zero-order valence-corrected chi connectivity index (χ0v) is 17.1. The van der Waals surface area contributed by atoms with E-state index in [-0.39, 0.29) is 25.4 Å². The van der Waals surface area contributed by atoms with E-state index < -0.39 is 17.9 Å². The molecule has 0 radical (unpaired) electrons. The summed E-state index contributed by atoms with van der Waals surface area (Å²) in [6, 6.07) is 7.56. The molecule has 1 saturated carbocycles. The lowest BCUT2D eigenvalue weighted by Crippen LogP contribution is -2.49. The second-order valence-corrected chi connectivity index (χ2v) is 8.30. The Morgan fingerprint density at radius 3 is 2.52 bits per heavy atom. The van der Waals surface area contributed by atoms with E-state index in [9.17, 15) is 18.4 Å². The van der Waals surface area contributed by atoms with Crippen LogP contribution in [0.4, 0.5) is 19.3 Å². The van der Waals surface area contributed by atoms with Crippen molar-refractivity contribution in [1.29, 1.82) is 0 Å². The first-order valence-corrected chi connectivity index (χ1v) is 10.4. The van der Waals surface area contributed by atoms with Crippen molar-refractivity contribution in [3.63, 3.8) is 0 Å². The van der Waals surface area contributed by atoms with Gasteiger partial charge in [-0.25, -0.2) is 18.6 Å². The van der Waals surface area contributed by atoms with Gasteiger partial charge in [-0.05, 0) is 42.9 Å². The van der Waals surface area contributed by atoms with Crippen molar-refractivity contribution in [1.82, 2.24) is 9.88 Å². The van der Waals surface area contributed by atoms with Crippen molar-refractivity contribution in [3.8, 4) is 0 Å². The molecule has 0 unspecified atom stereocenters. The minimum Gasteiger partial charge on any atom is -0.445 e. The first kappa shape index (κ1) is 21.3. The first-order chi connectivity index (χ1) is 14.9. The Kier molecular flexibility index (Phi) is 6.20. The lowest BCUT2D eigenvalue weighted by molar-refractivity contribution is -0.161. The zero-order chi connectivity index (χ0) is 21.8. The van der Waals surface area contributed by atoms with Crippen LogP contribution in [0, 0.1) is 11.8 Å². The zero-order valence-electron chi connectivity index (χ0n) is 17.1. The Morgan fingerprint density at radius 2 is 1.90 bits per heavy atom. The predicted octanol–water partition coefficient (Wildman–Crippen LogP) is 4.25. The number of anilines is 1. The molecule has 1 aromatic carbocycles. The maximum absolute atomic E-state index is 13.0. The molecule has 9 heteroatoms. The number of oxazole rings is 1. The van der Waals surface area contributed by atoms with E-state index in [4.69, 9.17) is 9.15 Å². The molecule has 1 aromatic heterocycles. The molecule has 1 saturated heterocycles. The molecular weight excluding hydrogens is 408 g/mol. The number of alkyl halides is 2. The maximum Gasteiger partial charge on any atom is 0.412 e. The normalized spacial score (nSPS) is 19.0. The highest BCUT2D eigenvalue weighted by Crippen LogP contribution is 2.43. The quantitative estimate of drug-likeness (QED) is 0.736. The molecule has 2 aliphatic rings. The lowest BCUT2D eigenvalue weighted by atomic mass is 9.79. The highest BCUT2D eigenvalue weighted by atomic mass is 19.3. The number of ether oxygens (including phenoxy) is 1. The summed E-state index contributed by atoms with van der Waals surface area (Å²) in [5.74, 6) is -2.38. The van der Waals surface area contributed by atoms with Crippen molar-refractivity contribution in [2.24, 2.45) is 11.8 Å². The Bertz CT molecular complexity index is 886. The van der Waals surface area contributed by atoms with Crippen LogP contribution in [0.15, 0.2) is 41.3 Å². The fraction of sp³-hybridized carbons (Fsp3) is 0.500. The van der Waals surface area contributed by atoms with E-state index in [1.165, 1.54) is 12.6 Å². The maximum atomic E-state index is 13.0. The average molecular weight is 433 g/mol. The first-order valence-electron chi connectivity index (χ1n) is 10.4. The number of aromatic nitrogens is 1. The third-order valence-electron chi connectivity index (χ3n) is 5.92. The molecule has 0 atom stereocenters. The Labute approximate surface area is 178 Å². The number of carbonyl (C=O) groups excluding carboxylic acids is 2. The molecular formula is C22H25F2N3O4. The van der Waals surface area contributed by atoms with Gasteiger partial charge in [-0.1, -0.05) is 12.1 Å². The van der Waals surface area contributed by atoms with E-state index in [0.29, 0.717) is 30.5 Å². The molecule has 1 aliphatic carbocycles. The molecule has 31 heavy (non-hydrogen) atoms. The topological polar surface area (TPSA) is 84.7 Å². The summed E-state index contributed by atoms with van der Waals surface area (Å²) in [4.78, 5) is 29.6. The number of halogens is 2. The third kappa shape index (κ3) is 5.59. The van der Waals surface area contributed by atoms with E-state index in [1.807, 2.05) is 24.3 Å². The number of benzene rings is 1. The number of piperidine rings is 1. The second-order valence-electron chi connectivity index (χ2n) is 8.30. The van der Waals surface area contributed by atoms with E-state index in [0.717, 1.165) is 24.8 Å². The molecule has 7 nitrogen and oxygen atoms in total. The summed E-state index contributed by atoms with van der Waals surface area (Å²) in [7, 11) is 0. The molecule has 4 rings (SSSR count). The minimum absolute atomic E-state index is 0.00823. The Morgan fingerprint density at radius 1 is 1.19 bits per heavy atom. The van der Waals surface area contributed by atoms with Crippen LogP contribution >= 0.6 is 0 Å². The fourth-order valence-electron chi connectivity index (χ4n) is 4.11. The minimum atomic E-state index is -2.66. The summed E-state index contributed by atoms with van der Waals surface area (Å²) in [6.07, 6.45) is 4.16. The van der Waals surface area contributed by atoms with Gasteiger partial charge in [-0.3, -0.25) is 10.1 Å². The van der Waals surface area contributed by atoms with Crippen LogP contribution in [-0.2, 0) is 22.6 Å². The van der Waals surface area contributed by atoms with Gasteiger partial charge in [-0.15, -0.1) is 0 Å². The van der Waals surface area contributed by atoms with Gasteiger partial charge in [0.2, 0.25) is 11.8 Å². The van der Waals surface area contributed by atoms with Crippen LogP contribution in [0.2, 0.25) is 0 Å². The monoisotopic (exact) mass is 433 g/mol.